The van der Waals surface area contributed by atoms with Crippen LogP contribution in [0.25, 0.3) is 0 Å². The van der Waals surface area contributed by atoms with Crippen LogP contribution >= 0.6 is 11.6 Å². The Balaban J connectivity index is 2.03. The molecule has 2 aromatic rings. The SMILES string of the molecule is CCn1cncc1C1CN=C(N)N1c1ccccc1Cl. The Labute approximate surface area is 122 Å². The highest BCUT2D eigenvalue weighted by Crippen LogP contribution is 2.35. The van der Waals surface area contributed by atoms with E-state index in [-0.39, 0.29) is 6.04 Å². The third-order valence-electron chi connectivity index (χ3n) is 3.52. The van der Waals surface area contributed by atoms with E-state index in [2.05, 4.69) is 21.5 Å². The van der Waals surface area contributed by atoms with Crippen molar-refractivity contribution in [2.24, 2.45) is 10.7 Å². The number of benzene rings is 1. The minimum Gasteiger partial charge on any atom is -0.369 e. The summed E-state index contributed by atoms with van der Waals surface area (Å²) in [6, 6.07) is 7.70. The molecule has 2 heterocycles. The maximum Gasteiger partial charge on any atom is 0.196 e. The Morgan fingerprint density at radius 2 is 2.20 bits per heavy atom. The van der Waals surface area contributed by atoms with Crippen molar-refractivity contribution in [2.75, 3.05) is 11.4 Å². The van der Waals surface area contributed by atoms with Gasteiger partial charge in [0.25, 0.3) is 0 Å². The van der Waals surface area contributed by atoms with Gasteiger partial charge < -0.3 is 15.2 Å². The molecule has 0 saturated carbocycles. The van der Waals surface area contributed by atoms with Crippen LogP contribution in [0.1, 0.15) is 18.7 Å². The van der Waals surface area contributed by atoms with Crippen LogP contribution < -0.4 is 10.6 Å². The van der Waals surface area contributed by atoms with Crippen LogP contribution in [0, 0.1) is 0 Å². The zero-order chi connectivity index (χ0) is 14.1. The highest BCUT2D eigenvalue weighted by atomic mass is 35.5. The minimum atomic E-state index is 0.0392. The van der Waals surface area contributed by atoms with Gasteiger partial charge in [-0.2, -0.15) is 0 Å². The van der Waals surface area contributed by atoms with E-state index in [1.54, 1.807) is 0 Å². The van der Waals surface area contributed by atoms with Crippen molar-refractivity contribution in [1.29, 1.82) is 0 Å². The number of halogens is 1. The van der Waals surface area contributed by atoms with E-state index < -0.39 is 0 Å². The summed E-state index contributed by atoms with van der Waals surface area (Å²) in [6.07, 6.45) is 3.70. The molecular formula is C14H16ClN5. The van der Waals surface area contributed by atoms with Gasteiger partial charge in [0.05, 0.1) is 41.5 Å². The van der Waals surface area contributed by atoms with Crippen LogP contribution in [0.5, 0.6) is 0 Å². The molecule has 1 aromatic carbocycles. The average molecular weight is 290 g/mol. The number of guanidine groups is 1. The van der Waals surface area contributed by atoms with Gasteiger partial charge >= 0.3 is 0 Å². The molecule has 104 valence electrons. The van der Waals surface area contributed by atoms with E-state index in [9.17, 15) is 0 Å². The number of aryl methyl sites for hydroxylation is 1. The largest absolute Gasteiger partial charge is 0.369 e. The molecule has 6 heteroatoms. The minimum absolute atomic E-state index is 0.0392. The van der Waals surface area contributed by atoms with Gasteiger partial charge in [0.1, 0.15) is 0 Å². The number of para-hydroxylation sites is 1. The van der Waals surface area contributed by atoms with Gasteiger partial charge in [-0.05, 0) is 19.1 Å². The molecule has 0 spiro atoms. The number of hydrogen-bond acceptors (Lipinski definition) is 4. The van der Waals surface area contributed by atoms with E-state index >= 15 is 0 Å². The van der Waals surface area contributed by atoms with E-state index in [0.29, 0.717) is 17.5 Å². The van der Waals surface area contributed by atoms with Crippen molar-refractivity contribution in [3.63, 3.8) is 0 Å². The van der Waals surface area contributed by atoms with Crippen molar-refractivity contribution in [1.82, 2.24) is 9.55 Å². The van der Waals surface area contributed by atoms with Gasteiger partial charge in [-0.25, -0.2) is 4.98 Å². The first-order chi connectivity index (χ1) is 9.72. The summed E-state index contributed by atoms with van der Waals surface area (Å²) >= 11 is 6.30. The molecule has 1 atom stereocenters. The molecule has 1 aliphatic rings. The zero-order valence-electron chi connectivity index (χ0n) is 11.2. The molecule has 0 fully saturated rings. The van der Waals surface area contributed by atoms with Crippen molar-refractivity contribution in [2.45, 2.75) is 19.5 Å². The summed E-state index contributed by atoms with van der Waals surface area (Å²) in [5, 5.41) is 0.667. The van der Waals surface area contributed by atoms with Gasteiger partial charge in [-0.15, -0.1) is 0 Å². The van der Waals surface area contributed by atoms with Gasteiger partial charge in [0.2, 0.25) is 0 Å². The normalized spacial score (nSPS) is 18.4. The summed E-state index contributed by atoms with van der Waals surface area (Å²) in [6.45, 7) is 3.56. The highest BCUT2D eigenvalue weighted by molar-refractivity contribution is 6.33. The Bertz CT molecular complexity index is 649. The topological polar surface area (TPSA) is 59.4 Å². The van der Waals surface area contributed by atoms with Crippen LogP contribution in [-0.2, 0) is 6.54 Å². The maximum absolute atomic E-state index is 6.30. The van der Waals surface area contributed by atoms with Gasteiger partial charge in [-0.1, -0.05) is 23.7 Å². The zero-order valence-corrected chi connectivity index (χ0v) is 12.0. The monoisotopic (exact) mass is 289 g/mol. The van der Waals surface area contributed by atoms with E-state index in [1.165, 1.54) is 0 Å². The number of anilines is 1. The van der Waals surface area contributed by atoms with Gasteiger partial charge in [0, 0.05) is 6.54 Å². The number of aromatic nitrogens is 2. The number of rotatable bonds is 3. The highest BCUT2D eigenvalue weighted by Gasteiger charge is 2.31. The Hall–Kier alpha value is -2.01. The molecule has 5 nitrogen and oxygen atoms in total. The van der Waals surface area contributed by atoms with Crippen molar-refractivity contribution < 1.29 is 0 Å². The molecule has 1 aliphatic heterocycles. The van der Waals surface area contributed by atoms with Crippen LogP contribution in [0.3, 0.4) is 0 Å². The fourth-order valence-corrected chi connectivity index (χ4v) is 2.76. The number of nitrogens with zero attached hydrogens (tertiary/aromatic N) is 4. The molecular weight excluding hydrogens is 274 g/mol. The third kappa shape index (κ3) is 2.04. The molecule has 0 amide bonds. The molecule has 0 radical (unpaired) electrons. The fourth-order valence-electron chi connectivity index (χ4n) is 2.53. The summed E-state index contributed by atoms with van der Waals surface area (Å²) in [4.78, 5) is 10.6. The predicted molar refractivity (Wildman–Crippen MR) is 81.1 cm³/mol. The second-order valence-corrected chi connectivity index (χ2v) is 5.05. The summed E-state index contributed by atoms with van der Waals surface area (Å²) in [7, 11) is 0. The maximum atomic E-state index is 6.30. The van der Waals surface area contributed by atoms with Crippen LogP contribution in [0.15, 0.2) is 41.8 Å². The smallest absolute Gasteiger partial charge is 0.196 e. The molecule has 20 heavy (non-hydrogen) atoms. The molecule has 1 unspecified atom stereocenters. The quantitative estimate of drug-likeness (QED) is 0.944. The van der Waals surface area contributed by atoms with Crippen LogP contribution in [0.4, 0.5) is 5.69 Å². The Morgan fingerprint density at radius 1 is 1.40 bits per heavy atom. The standard InChI is InChI=1S/C14H16ClN5/c1-2-19-9-17-7-12(19)13-8-18-14(16)20(13)11-6-4-3-5-10(11)15/h3-7,9,13H,2,8H2,1H3,(H2,16,18). The lowest BCUT2D eigenvalue weighted by Crippen LogP contribution is -2.37. The molecule has 0 bridgehead atoms. The summed E-state index contributed by atoms with van der Waals surface area (Å²) in [5.41, 5.74) is 8.03. The van der Waals surface area contributed by atoms with Crippen molar-refractivity contribution in [3.8, 4) is 0 Å². The van der Waals surface area contributed by atoms with Gasteiger partial charge in [-0.3, -0.25) is 4.99 Å². The summed E-state index contributed by atoms with van der Waals surface area (Å²) < 4.78 is 2.10. The number of aliphatic imine (C=N–C) groups is 1. The van der Waals surface area contributed by atoms with E-state index in [0.717, 1.165) is 17.9 Å². The second-order valence-electron chi connectivity index (χ2n) is 4.64. The molecule has 0 saturated heterocycles. The lowest BCUT2D eigenvalue weighted by atomic mass is 10.1. The van der Waals surface area contributed by atoms with Crippen LogP contribution in [-0.4, -0.2) is 22.1 Å². The first-order valence-electron chi connectivity index (χ1n) is 6.56. The average Bonchev–Trinajstić information content (AvgIpc) is 3.05. The molecule has 1 aromatic heterocycles. The lowest BCUT2D eigenvalue weighted by Gasteiger charge is -2.27. The summed E-state index contributed by atoms with van der Waals surface area (Å²) in [5.74, 6) is 0.493. The fraction of sp³-hybridized carbons (Fsp3) is 0.286. The molecule has 3 rings (SSSR count). The molecule has 0 aliphatic carbocycles. The van der Waals surface area contributed by atoms with E-state index in [1.807, 2.05) is 41.7 Å². The first kappa shape index (κ1) is 13.0. The van der Waals surface area contributed by atoms with Crippen LogP contribution in [0.2, 0.25) is 5.02 Å². The number of hydrogen-bond donors (Lipinski definition) is 1. The number of nitrogens with two attached hydrogens (primary N) is 1. The Morgan fingerprint density at radius 3 is 2.95 bits per heavy atom. The van der Waals surface area contributed by atoms with Crippen molar-refractivity contribution >= 4 is 23.2 Å². The first-order valence-corrected chi connectivity index (χ1v) is 6.94. The predicted octanol–water partition coefficient (Wildman–Crippen LogP) is 2.43. The second kappa shape index (κ2) is 5.17. The van der Waals surface area contributed by atoms with E-state index in [4.69, 9.17) is 17.3 Å². The van der Waals surface area contributed by atoms with Crippen molar-refractivity contribution in [3.05, 3.63) is 47.5 Å². The number of imidazole rings is 1. The lowest BCUT2D eigenvalue weighted by molar-refractivity contribution is 0.643. The third-order valence-corrected chi connectivity index (χ3v) is 3.84. The Kier molecular flexibility index (Phi) is 3.36. The van der Waals surface area contributed by atoms with Gasteiger partial charge in [0.15, 0.2) is 5.96 Å². The molecule has 2 N–H and O–H groups in total.